The quantitative estimate of drug-likeness (QED) is 0.432. The first-order chi connectivity index (χ1) is 16.4. The van der Waals surface area contributed by atoms with Crippen molar-refractivity contribution >= 4 is 22.8 Å². The number of hydrogen-bond donors (Lipinski definition) is 2. The van der Waals surface area contributed by atoms with E-state index in [0.29, 0.717) is 29.0 Å². The molecule has 1 unspecified atom stereocenters. The van der Waals surface area contributed by atoms with Crippen LogP contribution in [0.25, 0.3) is 22.3 Å². The Kier molecular flexibility index (Phi) is 6.72. The molecule has 2 amide bonds. The van der Waals surface area contributed by atoms with E-state index in [9.17, 15) is 9.59 Å². The molecule has 0 fully saturated rings. The monoisotopic (exact) mass is 455 g/mol. The molecular formula is C27H29N5O2. The van der Waals surface area contributed by atoms with Crippen LogP contribution < -0.4 is 10.6 Å². The van der Waals surface area contributed by atoms with Crippen molar-refractivity contribution in [3.63, 3.8) is 0 Å². The zero-order chi connectivity index (χ0) is 24.2. The van der Waals surface area contributed by atoms with Crippen LogP contribution in [0.1, 0.15) is 52.2 Å². The number of rotatable bonds is 7. The Bertz CT molecular complexity index is 1340. The Morgan fingerprint density at radius 3 is 2.53 bits per heavy atom. The largest absolute Gasteiger partial charge is 0.350 e. The van der Waals surface area contributed by atoms with Crippen molar-refractivity contribution in [2.75, 3.05) is 0 Å². The lowest BCUT2D eigenvalue weighted by atomic mass is 10.0. The molecule has 0 spiro atoms. The average molecular weight is 456 g/mol. The number of carbonyl (C=O) groups excluding carboxylic acids is 2. The van der Waals surface area contributed by atoms with Gasteiger partial charge in [0.15, 0.2) is 5.65 Å². The van der Waals surface area contributed by atoms with Crippen LogP contribution in [-0.2, 0) is 13.6 Å². The summed E-state index contributed by atoms with van der Waals surface area (Å²) >= 11 is 0. The molecule has 2 heterocycles. The molecule has 1 atom stereocenters. The van der Waals surface area contributed by atoms with E-state index in [1.54, 1.807) is 10.7 Å². The van der Waals surface area contributed by atoms with Gasteiger partial charge in [-0.05, 0) is 44.0 Å². The van der Waals surface area contributed by atoms with Crippen molar-refractivity contribution < 1.29 is 9.59 Å². The first kappa shape index (κ1) is 23.2. The van der Waals surface area contributed by atoms with Crippen molar-refractivity contribution in [1.29, 1.82) is 0 Å². The summed E-state index contributed by atoms with van der Waals surface area (Å²) in [5, 5.41) is 11.2. The molecule has 7 nitrogen and oxygen atoms in total. The van der Waals surface area contributed by atoms with Gasteiger partial charge < -0.3 is 10.6 Å². The summed E-state index contributed by atoms with van der Waals surface area (Å²) in [6.07, 6.45) is 0.862. The van der Waals surface area contributed by atoms with Gasteiger partial charge in [-0.2, -0.15) is 5.10 Å². The van der Waals surface area contributed by atoms with Gasteiger partial charge in [0.25, 0.3) is 11.8 Å². The van der Waals surface area contributed by atoms with Crippen LogP contribution >= 0.6 is 0 Å². The molecule has 7 heteroatoms. The summed E-state index contributed by atoms with van der Waals surface area (Å²) in [6.45, 7) is 6.18. The van der Waals surface area contributed by atoms with E-state index in [4.69, 9.17) is 4.98 Å². The lowest BCUT2D eigenvalue weighted by Crippen LogP contribution is -2.32. The van der Waals surface area contributed by atoms with E-state index in [-0.39, 0.29) is 17.9 Å². The lowest BCUT2D eigenvalue weighted by Gasteiger charge is -2.12. The molecule has 2 N–H and O–H groups in total. The van der Waals surface area contributed by atoms with Crippen LogP contribution in [0.15, 0.2) is 60.7 Å². The number of fused-ring (bicyclic) bond motifs is 1. The maximum absolute atomic E-state index is 13.3. The first-order valence-electron chi connectivity index (χ1n) is 11.4. The van der Waals surface area contributed by atoms with Crippen LogP contribution in [0, 0.1) is 6.92 Å². The maximum Gasteiger partial charge on any atom is 0.252 e. The van der Waals surface area contributed by atoms with Gasteiger partial charge in [-0.25, -0.2) is 4.98 Å². The second-order valence-corrected chi connectivity index (χ2v) is 8.49. The number of nitrogens with one attached hydrogen (secondary N) is 2. The van der Waals surface area contributed by atoms with Gasteiger partial charge in [0.05, 0.1) is 22.3 Å². The zero-order valence-corrected chi connectivity index (χ0v) is 19.9. The molecule has 0 aliphatic carbocycles. The Morgan fingerprint density at radius 1 is 1.03 bits per heavy atom. The third-order valence-corrected chi connectivity index (χ3v) is 5.91. The highest BCUT2D eigenvalue weighted by Crippen LogP contribution is 2.26. The molecule has 0 saturated carbocycles. The third-order valence-electron chi connectivity index (χ3n) is 5.91. The number of aromatic nitrogens is 3. The van der Waals surface area contributed by atoms with Crippen LogP contribution in [0.5, 0.6) is 0 Å². The van der Waals surface area contributed by atoms with Gasteiger partial charge in [0, 0.05) is 30.8 Å². The number of nitrogens with zero attached hydrogens (tertiary/aromatic N) is 3. The second-order valence-electron chi connectivity index (χ2n) is 8.49. The number of amides is 2. The maximum atomic E-state index is 13.3. The molecule has 4 aromatic rings. The van der Waals surface area contributed by atoms with E-state index < -0.39 is 0 Å². The fraction of sp³-hybridized carbons (Fsp3) is 0.259. The molecule has 0 bridgehead atoms. The van der Waals surface area contributed by atoms with E-state index in [2.05, 4.69) is 15.7 Å². The van der Waals surface area contributed by atoms with Crippen LogP contribution in [0.4, 0.5) is 0 Å². The summed E-state index contributed by atoms with van der Waals surface area (Å²) in [4.78, 5) is 30.6. The number of aryl methyl sites for hydroxylation is 2. The fourth-order valence-corrected chi connectivity index (χ4v) is 3.89. The lowest BCUT2D eigenvalue weighted by molar-refractivity contribution is 0.0937. The zero-order valence-electron chi connectivity index (χ0n) is 19.9. The molecule has 2 aromatic heterocycles. The van der Waals surface area contributed by atoms with Crippen molar-refractivity contribution in [3.05, 3.63) is 83.0 Å². The molecule has 174 valence electrons. The van der Waals surface area contributed by atoms with Gasteiger partial charge >= 0.3 is 0 Å². The average Bonchev–Trinajstić information content (AvgIpc) is 3.15. The summed E-state index contributed by atoms with van der Waals surface area (Å²) in [5.74, 6) is -0.327. The van der Waals surface area contributed by atoms with Crippen molar-refractivity contribution in [1.82, 2.24) is 25.4 Å². The Hall–Kier alpha value is -4.00. The number of carbonyl (C=O) groups is 2. The Balaban J connectivity index is 1.60. The van der Waals surface area contributed by atoms with E-state index in [0.717, 1.165) is 28.6 Å². The van der Waals surface area contributed by atoms with Crippen molar-refractivity contribution in [2.45, 2.75) is 39.8 Å². The molecule has 0 aliphatic rings. The smallest absolute Gasteiger partial charge is 0.252 e. The first-order valence-corrected chi connectivity index (χ1v) is 11.4. The predicted molar refractivity (Wildman–Crippen MR) is 134 cm³/mol. The van der Waals surface area contributed by atoms with Crippen LogP contribution in [-0.4, -0.2) is 32.6 Å². The fourth-order valence-electron chi connectivity index (χ4n) is 3.89. The molecule has 4 rings (SSSR count). The van der Waals surface area contributed by atoms with Crippen molar-refractivity contribution in [3.8, 4) is 11.3 Å². The van der Waals surface area contributed by atoms with Gasteiger partial charge in [0.2, 0.25) is 0 Å². The minimum atomic E-state index is -0.213. The highest BCUT2D eigenvalue weighted by atomic mass is 16.2. The molecule has 0 saturated heterocycles. The van der Waals surface area contributed by atoms with Gasteiger partial charge in [-0.3, -0.25) is 14.3 Å². The number of benzene rings is 2. The van der Waals surface area contributed by atoms with Crippen LogP contribution in [0.3, 0.4) is 0 Å². The summed E-state index contributed by atoms with van der Waals surface area (Å²) in [6, 6.07) is 19.0. The molecule has 2 aromatic carbocycles. The molecule has 34 heavy (non-hydrogen) atoms. The minimum absolute atomic E-state index is 0.103. The summed E-state index contributed by atoms with van der Waals surface area (Å²) < 4.78 is 1.70. The second kappa shape index (κ2) is 9.87. The Morgan fingerprint density at radius 2 is 1.79 bits per heavy atom. The number of pyridine rings is 1. The van der Waals surface area contributed by atoms with E-state index in [1.165, 1.54) is 0 Å². The van der Waals surface area contributed by atoms with Gasteiger partial charge in [-0.15, -0.1) is 0 Å². The standard InChI is InChI=1S/C27H29N5O2/c1-5-17(2)29-26(33)21-13-9-10-19(14-21)16-28-27(34)22-15-23(20-11-7-6-8-12-20)30-25-24(22)18(3)31-32(25)4/h6-15,17H,5,16H2,1-4H3,(H,28,34)(H,29,33). The minimum Gasteiger partial charge on any atom is -0.350 e. The van der Waals surface area contributed by atoms with Crippen molar-refractivity contribution in [2.24, 2.45) is 7.05 Å². The predicted octanol–water partition coefficient (Wildman–Crippen LogP) is 4.40. The highest BCUT2D eigenvalue weighted by molar-refractivity contribution is 6.07. The highest BCUT2D eigenvalue weighted by Gasteiger charge is 2.19. The summed E-state index contributed by atoms with van der Waals surface area (Å²) in [5.41, 5.74) is 5.00. The SMILES string of the molecule is CCC(C)NC(=O)c1cccc(CNC(=O)c2cc(-c3ccccc3)nc3c2c(C)nn3C)c1. The topological polar surface area (TPSA) is 88.9 Å². The van der Waals surface area contributed by atoms with Gasteiger partial charge in [0.1, 0.15) is 0 Å². The third kappa shape index (κ3) is 4.83. The number of hydrogen-bond acceptors (Lipinski definition) is 4. The van der Waals surface area contributed by atoms with E-state index >= 15 is 0 Å². The summed E-state index contributed by atoms with van der Waals surface area (Å²) in [7, 11) is 1.83. The van der Waals surface area contributed by atoms with E-state index in [1.807, 2.05) is 82.4 Å². The van der Waals surface area contributed by atoms with Gasteiger partial charge in [-0.1, -0.05) is 49.4 Å². The Labute approximate surface area is 199 Å². The molecule has 0 radical (unpaired) electrons. The molecule has 0 aliphatic heterocycles. The van der Waals surface area contributed by atoms with Crippen LogP contribution in [0.2, 0.25) is 0 Å². The normalized spacial score (nSPS) is 11.9. The molecular weight excluding hydrogens is 426 g/mol.